The highest BCUT2D eigenvalue weighted by Gasteiger charge is 2.54. The van der Waals surface area contributed by atoms with Crippen LogP contribution in [0.1, 0.15) is 36.0 Å². The van der Waals surface area contributed by atoms with Gasteiger partial charge in [-0.25, -0.2) is 12.8 Å². The second-order valence-electron chi connectivity index (χ2n) is 7.24. The molecular formula is C19H22BrFN2O4S. The van der Waals surface area contributed by atoms with Gasteiger partial charge in [0.1, 0.15) is 5.82 Å². The second kappa shape index (κ2) is 7.61. The van der Waals surface area contributed by atoms with E-state index in [9.17, 15) is 22.7 Å². The zero-order valence-corrected chi connectivity index (χ0v) is 18.0. The summed E-state index contributed by atoms with van der Waals surface area (Å²) in [7, 11) is -2.23. The van der Waals surface area contributed by atoms with E-state index in [-0.39, 0.29) is 30.7 Å². The Bertz CT molecular complexity index is 1080. The van der Waals surface area contributed by atoms with Crippen molar-refractivity contribution in [3.05, 3.63) is 61.7 Å². The molecule has 0 radical (unpaired) electrons. The molecule has 152 valence electrons. The van der Waals surface area contributed by atoms with Gasteiger partial charge in [-0.3, -0.25) is 9.52 Å². The second-order valence-corrected chi connectivity index (χ2v) is 10.2. The third-order valence-electron chi connectivity index (χ3n) is 5.31. The van der Waals surface area contributed by atoms with Crippen LogP contribution in [-0.2, 0) is 23.5 Å². The maximum absolute atomic E-state index is 14.3. The van der Waals surface area contributed by atoms with Crippen LogP contribution in [0, 0.1) is 12.7 Å². The van der Waals surface area contributed by atoms with Crippen LogP contribution in [0.15, 0.2) is 33.7 Å². The molecule has 6 nitrogen and oxygen atoms in total. The van der Waals surface area contributed by atoms with E-state index in [0.29, 0.717) is 34.0 Å². The zero-order chi connectivity index (χ0) is 20.7. The molecule has 1 saturated carbocycles. The predicted octanol–water partition coefficient (Wildman–Crippen LogP) is 2.84. The normalized spacial score (nSPS) is 15.5. The molecule has 2 aromatic rings. The van der Waals surface area contributed by atoms with Crippen molar-refractivity contribution < 1.29 is 17.9 Å². The molecule has 0 bridgehead atoms. The molecule has 1 aromatic heterocycles. The number of pyridine rings is 1. The number of sulfonamides is 1. The van der Waals surface area contributed by atoms with Gasteiger partial charge >= 0.3 is 0 Å². The van der Waals surface area contributed by atoms with Crippen molar-refractivity contribution in [1.29, 1.82) is 0 Å². The molecule has 0 spiro atoms. The molecule has 1 aliphatic rings. The Kier molecular flexibility index (Phi) is 5.71. The Labute approximate surface area is 171 Å². The SMILES string of the molecule is Cc1c(Cc2ccc(Br)cc2F)c(NS(=O)(=O)C2(CCO)CC2)cn(C)c1=O. The molecule has 0 atom stereocenters. The number of aliphatic hydroxyl groups excluding tert-OH is 1. The summed E-state index contributed by atoms with van der Waals surface area (Å²) in [6, 6.07) is 4.62. The Morgan fingerprint density at radius 2 is 2.04 bits per heavy atom. The summed E-state index contributed by atoms with van der Waals surface area (Å²) in [4.78, 5) is 12.4. The van der Waals surface area contributed by atoms with Crippen molar-refractivity contribution in [3.8, 4) is 0 Å². The van der Waals surface area contributed by atoms with E-state index < -0.39 is 20.6 Å². The van der Waals surface area contributed by atoms with E-state index in [0.717, 1.165) is 0 Å². The highest BCUT2D eigenvalue weighted by molar-refractivity contribution is 9.10. The van der Waals surface area contributed by atoms with E-state index in [4.69, 9.17) is 0 Å². The van der Waals surface area contributed by atoms with Gasteiger partial charge in [0, 0.05) is 36.3 Å². The number of anilines is 1. The van der Waals surface area contributed by atoms with Gasteiger partial charge in [0.2, 0.25) is 10.0 Å². The van der Waals surface area contributed by atoms with Crippen molar-refractivity contribution >= 4 is 31.6 Å². The molecule has 28 heavy (non-hydrogen) atoms. The van der Waals surface area contributed by atoms with Crippen LogP contribution in [0.25, 0.3) is 0 Å². The van der Waals surface area contributed by atoms with Crippen molar-refractivity contribution in [2.24, 2.45) is 7.05 Å². The van der Waals surface area contributed by atoms with Crippen LogP contribution >= 0.6 is 15.9 Å². The van der Waals surface area contributed by atoms with Crippen LogP contribution in [0.4, 0.5) is 10.1 Å². The van der Waals surface area contributed by atoms with E-state index in [1.165, 1.54) is 23.9 Å². The van der Waals surface area contributed by atoms with Gasteiger partial charge in [-0.2, -0.15) is 0 Å². The highest BCUT2D eigenvalue weighted by atomic mass is 79.9. The number of aromatic nitrogens is 1. The first-order chi connectivity index (χ1) is 13.1. The Morgan fingerprint density at radius 1 is 1.36 bits per heavy atom. The summed E-state index contributed by atoms with van der Waals surface area (Å²) < 4.78 is 43.7. The van der Waals surface area contributed by atoms with Crippen molar-refractivity contribution in [2.45, 2.75) is 37.4 Å². The molecule has 2 N–H and O–H groups in total. The lowest BCUT2D eigenvalue weighted by Gasteiger charge is -2.20. The van der Waals surface area contributed by atoms with Gasteiger partial charge < -0.3 is 9.67 Å². The van der Waals surface area contributed by atoms with Crippen LogP contribution in [0.5, 0.6) is 0 Å². The van der Waals surface area contributed by atoms with Gasteiger partial charge in [0.25, 0.3) is 5.56 Å². The van der Waals surface area contributed by atoms with E-state index in [1.807, 2.05) is 0 Å². The quantitative estimate of drug-likeness (QED) is 0.648. The van der Waals surface area contributed by atoms with E-state index in [2.05, 4.69) is 20.7 Å². The molecule has 0 unspecified atom stereocenters. The molecule has 1 aliphatic carbocycles. The molecule has 1 aromatic carbocycles. The molecule has 0 saturated heterocycles. The first-order valence-electron chi connectivity index (χ1n) is 8.86. The monoisotopic (exact) mass is 472 g/mol. The van der Waals surface area contributed by atoms with E-state index in [1.54, 1.807) is 19.1 Å². The summed E-state index contributed by atoms with van der Waals surface area (Å²) >= 11 is 3.21. The number of rotatable bonds is 7. The third-order valence-corrected chi connectivity index (χ3v) is 8.05. The molecule has 1 fully saturated rings. The van der Waals surface area contributed by atoms with Crippen LogP contribution in [0.3, 0.4) is 0 Å². The fourth-order valence-corrected chi connectivity index (χ4v) is 5.36. The van der Waals surface area contributed by atoms with Crippen LogP contribution in [-0.4, -0.2) is 29.4 Å². The van der Waals surface area contributed by atoms with Gasteiger partial charge in [-0.1, -0.05) is 22.0 Å². The Morgan fingerprint density at radius 3 is 2.61 bits per heavy atom. The first-order valence-corrected chi connectivity index (χ1v) is 11.1. The number of hydrogen-bond donors (Lipinski definition) is 2. The maximum Gasteiger partial charge on any atom is 0.253 e. The number of benzene rings is 1. The Hall–Kier alpha value is -1.71. The summed E-state index contributed by atoms with van der Waals surface area (Å²) in [6.45, 7) is 1.39. The first kappa shape index (κ1) is 21.0. The third kappa shape index (κ3) is 3.88. The average molecular weight is 473 g/mol. The average Bonchev–Trinajstić information content (AvgIpc) is 3.40. The number of aliphatic hydroxyl groups is 1. The zero-order valence-electron chi connectivity index (χ0n) is 15.6. The minimum absolute atomic E-state index is 0.0753. The largest absolute Gasteiger partial charge is 0.396 e. The smallest absolute Gasteiger partial charge is 0.253 e. The fourth-order valence-electron chi connectivity index (χ4n) is 3.35. The molecule has 0 amide bonds. The summed E-state index contributed by atoms with van der Waals surface area (Å²) in [5, 5.41) is 9.22. The topological polar surface area (TPSA) is 88.4 Å². The lowest BCUT2D eigenvalue weighted by molar-refractivity contribution is 0.283. The standard InChI is InChI=1S/C19H22BrFN2O4S/c1-12-15(9-13-3-4-14(20)10-16(13)21)17(11-23(2)18(12)25)22-28(26,27)19(5-6-19)7-8-24/h3-4,10-11,22,24H,5-9H2,1-2H3. The lowest BCUT2D eigenvalue weighted by atomic mass is 10.00. The minimum atomic E-state index is -3.77. The number of aryl methyl sites for hydroxylation is 1. The van der Waals surface area contributed by atoms with Crippen LogP contribution in [0.2, 0.25) is 0 Å². The van der Waals surface area contributed by atoms with Crippen LogP contribution < -0.4 is 10.3 Å². The van der Waals surface area contributed by atoms with E-state index >= 15 is 0 Å². The highest BCUT2D eigenvalue weighted by Crippen LogP contribution is 2.47. The van der Waals surface area contributed by atoms with Crippen molar-refractivity contribution in [2.75, 3.05) is 11.3 Å². The number of nitrogens with zero attached hydrogens (tertiary/aromatic N) is 1. The van der Waals surface area contributed by atoms with Gasteiger partial charge in [-0.15, -0.1) is 0 Å². The summed E-state index contributed by atoms with van der Waals surface area (Å²) in [5.74, 6) is -0.442. The van der Waals surface area contributed by atoms with Gasteiger partial charge in [0.15, 0.2) is 0 Å². The molecular weight excluding hydrogens is 451 g/mol. The maximum atomic E-state index is 14.3. The lowest BCUT2D eigenvalue weighted by Crippen LogP contribution is -2.32. The molecule has 9 heteroatoms. The van der Waals surface area contributed by atoms with Gasteiger partial charge in [0.05, 0.1) is 10.4 Å². The minimum Gasteiger partial charge on any atom is -0.396 e. The molecule has 1 heterocycles. The van der Waals surface area contributed by atoms with Crippen molar-refractivity contribution in [1.82, 2.24) is 4.57 Å². The number of hydrogen-bond acceptors (Lipinski definition) is 4. The summed E-state index contributed by atoms with van der Waals surface area (Å²) in [6.07, 6.45) is 2.61. The summed E-state index contributed by atoms with van der Waals surface area (Å²) in [5.41, 5.74) is 1.14. The molecule has 3 rings (SSSR count). The van der Waals surface area contributed by atoms with Gasteiger partial charge in [-0.05, 0) is 49.4 Å². The number of nitrogens with one attached hydrogen (secondary N) is 1. The fraction of sp³-hybridized carbons (Fsp3) is 0.421. The number of halogens is 2. The molecule has 0 aliphatic heterocycles. The Balaban J connectivity index is 2.05. The predicted molar refractivity (Wildman–Crippen MR) is 110 cm³/mol. The van der Waals surface area contributed by atoms with Crippen molar-refractivity contribution in [3.63, 3.8) is 0 Å².